The van der Waals surface area contributed by atoms with Gasteiger partial charge in [-0.05, 0) is 35.9 Å². The first-order chi connectivity index (χ1) is 9.29. The number of nitrogens with two attached hydrogens (primary N) is 1. The summed E-state index contributed by atoms with van der Waals surface area (Å²) in [4.78, 5) is 7.16. The molecule has 0 saturated carbocycles. The van der Waals surface area contributed by atoms with Gasteiger partial charge in [-0.2, -0.15) is 11.8 Å². The van der Waals surface area contributed by atoms with Crippen LogP contribution in [0, 0.1) is 0 Å². The highest BCUT2D eigenvalue weighted by Crippen LogP contribution is 2.37. The van der Waals surface area contributed by atoms with E-state index in [0.29, 0.717) is 11.6 Å². The molecule has 0 radical (unpaired) electrons. The van der Waals surface area contributed by atoms with Gasteiger partial charge in [0.2, 0.25) is 5.89 Å². The van der Waals surface area contributed by atoms with Gasteiger partial charge in [-0.3, -0.25) is 0 Å². The van der Waals surface area contributed by atoms with Crippen LogP contribution in [0.2, 0.25) is 0 Å². The molecule has 4 rings (SSSR count). The summed E-state index contributed by atoms with van der Waals surface area (Å²) in [5, 5.41) is 0. The van der Waals surface area contributed by atoms with Gasteiger partial charge in [0.15, 0.2) is 5.58 Å². The number of hydrogen-bond acceptors (Lipinski definition) is 5. The number of oxazole rings is 1. The van der Waals surface area contributed by atoms with Crippen LogP contribution < -0.4 is 5.73 Å². The van der Waals surface area contributed by atoms with Gasteiger partial charge in [0.05, 0.1) is 4.88 Å². The van der Waals surface area contributed by atoms with Crippen LogP contribution >= 0.6 is 23.1 Å². The number of hydrogen-bond donors (Lipinski definition) is 1. The SMILES string of the molecule is Nc1ccc2nc(-c3cc4c(s3)CCSC4)oc2c1. The molecule has 19 heavy (non-hydrogen) atoms. The van der Waals surface area contributed by atoms with Gasteiger partial charge < -0.3 is 10.2 Å². The molecule has 0 aliphatic carbocycles. The van der Waals surface area contributed by atoms with E-state index >= 15 is 0 Å². The van der Waals surface area contributed by atoms with Gasteiger partial charge >= 0.3 is 0 Å². The summed E-state index contributed by atoms with van der Waals surface area (Å²) >= 11 is 3.80. The zero-order valence-corrected chi connectivity index (χ0v) is 11.8. The minimum atomic E-state index is 0.706. The second kappa shape index (κ2) is 4.28. The van der Waals surface area contributed by atoms with E-state index in [4.69, 9.17) is 10.2 Å². The van der Waals surface area contributed by atoms with Crippen molar-refractivity contribution in [2.75, 3.05) is 11.5 Å². The van der Waals surface area contributed by atoms with Crippen LogP contribution in [-0.2, 0) is 12.2 Å². The summed E-state index contributed by atoms with van der Waals surface area (Å²) in [6.45, 7) is 0. The van der Waals surface area contributed by atoms with E-state index < -0.39 is 0 Å². The van der Waals surface area contributed by atoms with E-state index in [0.717, 1.165) is 28.2 Å². The highest BCUT2D eigenvalue weighted by atomic mass is 32.2. The molecule has 5 heteroatoms. The number of thioether (sulfide) groups is 1. The molecule has 96 valence electrons. The molecule has 1 aromatic carbocycles. The van der Waals surface area contributed by atoms with Crippen molar-refractivity contribution in [3.63, 3.8) is 0 Å². The molecule has 0 fully saturated rings. The van der Waals surface area contributed by atoms with Crippen molar-refractivity contribution in [1.29, 1.82) is 0 Å². The van der Waals surface area contributed by atoms with Crippen LogP contribution in [0.5, 0.6) is 0 Å². The molecule has 0 saturated heterocycles. The first kappa shape index (κ1) is 11.4. The Hall–Kier alpha value is -1.46. The molecule has 2 N–H and O–H groups in total. The number of anilines is 1. The van der Waals surface area contributed by atoms with Crippen LogP contribution in [0.15, 0.2) is 28.7 Å². The molecular formula is C14H12N2OS2. The van der Waals surface area contributed by atoms with Crippen molar-refractivity contribution in [2.24, 2.45) is 0 Å². The Morgan fingerprint density at radius 3 is 3.11 bits per heavy atom. The van der Waals surface area contributed by atoms with Crippen LogP contribution in [0.1, 0.15) is 10.4 Å². The normalized spacial score (nSPS) is 14.7. The second-order valence-electron chi connectivity index (χ2n) is 4.61. The monoisotopic (exact) mass is 288 g/mol. The van der Waals surface area contributed by atoms with Crippen molar-refractivity contribution in [3.8, 4) is 10.8 Å². The third-order valence-corrected chi connectivity index (χ3v) is 5.48. The molecule has 0 amide bonds. The maximum Gasteiger partial charge on any atom is 0.237 e. The number of rotatable bonds is 1. The maximum absolute atomic E-state index is 5.83. The molecule has 3 heterocycles. The van der Waals surface area contributed by atoms with Gasteiger partial charge in [-0.25, -0.2) is 4.98 Å². The summed E-state index contributed by atoms with van der Waals surface area (Å²) < 4.78 is 5.83. The standard InChI is InChI=1S/C14H12N2OS2/c15-9-1-2-10-11(6-9)17-14(16-10)13-5-8-7-18-4-3-12(8)19-13/h1-2,5-6H,3-4,7,15H2. The lowest BCUT2D eigenvalue weighted by atomic mass is 10.2. The van der Waals surface area contributed by atoms with Crippen LogP contribution in [0.3, 0.4) is 0 Å². The Kier molecular flexibility index (Phi) is 2.56. The van der Waals surface area contributed by atoms with Crippen LogP contribution in [0.4, 0.5) is 5.69 Å². The van der Waals surface area contributed by atoms with E-state index in [2.05, 4.69) is 11.1 Å². The summed E-state index contributed by atoms with van der Waals surface area (Å²) in [6, 6.07) is 7.81. The maximum atomic E-state index is 5.83. The first-order valence-corrected chi connectivity index (χ1v) is 8.12. The lowest BCUT2D eigenvalue weighted by Gasteiger charge is -2.08. The average molecular weight is 288 g/mol. The largest absolute Gasteiger partial charge is 0.435 e. The summed E-state index contributed by atoms with van der Waals surface area (Å²) in [7, 11) is 0. The minimum Gasteiger partial charge on any atom is -0.435 e. The molecular weight excluding hydrogens is 276 g/mol. The number of fused-ring (bicyclic) bond motifs is 2. The van der Waals surface area contributed by atoms with Gasteiger partial charge in [-0.15, -0.1) is 11.3 Å². The number of aromatic nitrogens is 1. The molecule has 0 atom stereocenters. The van der Waals surface area contributed by atoms with Crippen LogP contribution in [-0.4, -0.2) is 10.7 Å². The van der Waals surface area contributed by atoms with Crippen molar-refractivity contribution in [1.82, 2.24) is 4.98 Å². The fourth-order valence-corrected chi connectivity index (χ4v) is 4.60. The smallest absolute Gasteiger partial charge is 0.237 e. The van der Waals surface area contributed by atoms with E-state index in [1.807, 2.05) is 41.3 Å². The highest BCUT2D eigenvalue weighted by molar-refractivity contribution is 7.98. The molecule has 3 nitrogen and oxygen atoms in total. The number of nitrogen functional groups attached to an aromatic ring is 1. The Labute approximate surface area is 118 Å². The van der Waals surface area contributed by atoms with Gasteiger partial charge in [-0.1, -0.05) is 0 Å². The Balaban J connectivity index is 1.83. The lowest BCUT2D eigenvalue weighted by molar-refractivity contribution is 0.622. The first-order valence-electron chi connectivity index (χ1n) is 6.15. The van der Waals surface area contributed by atoms with Crippen LogP contribution in [0.25, 0.3) is 21.9 Å². The molecule has 0 bridgehead atoms. The predicted molar refractivity (Wildman–Crippen MR) is 81.6 cm³/mol. The van der Waals surface area contributed by atoms with Gasteiger partial charge in [0.25, 0.3) is 0 Å². The molecule has 0 unspecified atom stereocenters. The molecule has 0 spiro atoms. The third kappa shape index (κ3) is 1.93. The van der Waals surface area contributed by atoms with Crippen molar-refractivity contribution in [3.05, 3.63) is 34.7 Å². The van der Waals surface area contributed by atoms with E-state index in [1.165, 1.54) is 16.2 Å². The average Bonchev–Trinajstić information content (AvgIpc) is 3.00. The number of benzene rings is 1. The Morgan fingerprint density at radius 2 is 2.21 bits per heavy atom. The lowest BCUT2D eigenvalue weighted by Crippen LogP contribution is -1.96. The zero-order chi connectivity index (χ0) is 12.8. The third-order valence-electron chi connectivity index (χ3n) is 3.25. The fraction of sp³-hybridized carbons (Fsp3) is 0.214. The quantitative estimate of drug-likeness (QED) is 0.689. The fourth-order valence-electron chi connectivity index (χ4n) is 2.30. The van der Waals surface area contributed by atoms with Gasteiger partial charge in [0, 0.05) is 22.4 Å². The Bertz CT molecular complexity index is 736. The summed E-state index contributed by atoms with van der Waals surface area (Å²) in [6.07, 6.45) is 1.16. The van der Waals surface area contributed by atoms with E-state index in [9.17, 15) is 0 Å². The summed E-state index contributed by atoms with van der Waals surface area (Å²) in [5.74, 6) is 3.04. The predicted octanol–water partition coefficient (Wildman–Crippen LogP) is 3.93. The number of thiophene rings is 1. The van der Waals surface area contributed by atoms with Gasteiger partial charge in [0.1, 0.15) is 5.52 Å². The number of nitrogens with zero attached hydrogens (tertiary/aromatic N) is 1. The molecule has 2 aromatic heterocycles. The van der Waals surface area contributed by atoms with E-state index in [-0.39, 0.29) is 0 Å². The summed E-state index contributed by atoms with van der Waals surface area (Å²) in [5.41, 5.74) is 9.54. The molecule has 3 aromatic rings. The molecule has 1 aliphatic rings. The van der Waals surface area contributed by atoms with E-state index in [1.54, 1.807) is 0 Å². The molecule has 1 aliphatic heterocycles. The second-order valence-corrected chi connectivity index (χ2v) is 6.85. The Morgan fingerprint density at radius 1 is 1.26 bits per heavy atom. The highest BCUT2D eigenvalue weighted by Gasteiger charge is 2.17. The topological polar surface area (TPSA) is 52.0 Å². The van der Waals surface area contributed by atoms with Crippen molar-refractivity contribution < 1.29 is 4.42 Å². The van der Waals surface area contributed by atoms with Crippen molar-refractivity contribution in [2.45, 2.75) is 12.2 Å². The zero-order valence-electron chi connectivity index (χ0n) is 10.2. The van der Waals surface area contributed by atoms with Crippen molar-refractivity contribution >= 4 is 39.9 Å². The minimum absolute atomic E-state index is 0.706. The number of aryl methyl sites for hydroxylation is 1.